The van der Waals surface area contributed by atoms with Gasteiger partial charge in [0.2, 0.25) is 0 Å². The maximum atomic E-state index is 13.6. The van der Waals surface area contributed by atoms with Crippen molar-refractivity contribution < 1.29 is 28.6 Å². The third-order valence-corrected chi connectivity index (χ3v) is 8.30. The number of halogens is 3. The van der Waals surface area contributed by atoms with E-state index < -0.39 is 17.8 Å². The van der Waals surface area contributed by atoms with E-state index >= 15 is 0 Å². The summed E-state index contributed by atoms with van der Waals surface area (Å²) in [5.41, 5.74) is 4.65. The first-order valence-electron chi connectivity index (χ1n) is 14.3. The summed E-state index contributed by atoms with van der Waals surface area (Å²) in [6.07, 6.45) is 1.43. The molecule has 0 bridgehead atoms. The van der Waals surface area contributed by atoms with Crippen LogP contribution in [0.4, 0.5) is 10.5 Å². The number of benzene rings is 4. The molecule has 0 unspecified atom stereocenters. The zero-order chi connectivity index (χ0) is 33.0. The minimum absolute atomic E-state index is 0.192. The SMILES string of the molecule is CCOc1cc(/C=C2\C(=O)NC(=O)N(c3ccc(OCc4ccc(Cl)cc4Cl)cc3)C2=O)cc(I)c1OCc1cc(C)cc(C)c1. The minimum atomic E-state index is -0.853. The van der Waals surface area contributed by atoms with Crippen LogP contribution in [0, 0.1) is 17.4 Å². The van der Waals surface area contributed by atoms with Gasteiger partial charge in [0.05, 0.1) is 15.9 Å². The Balaban J connectivity index is 1.35. The molecule has 0 radical (unpaired) electrons. The Hall–Kier alpha value is -4.06. The Bertz CT molecular complexity index is 1840. The highest BCUT2D eigenvalue weighted by Crippen LogP contribution is 2.36. The van der Waals surface area contributed by atoms with Crippen LogP contribution >= 0.6 is 45.8 Å². The summed E-state index contributed by atoms with van der Waals surface area (Å²) in [5, 5.41) is 3.26. The Morgan fingerprint density at radius 3 is 2.24 bits per heavy atom. The molecule has 4 aromatic carbocycles. The maximum Gasteiger partial charge on any atom is 0.335 e. The molecule has 1 N–H and O–H groups in total. The molecule has 46 heavy (non-hydrogen) atoms. The van der Waals surface area contributed by atoms with Crippen molar-refractivity contribution in [2.75, 3.05) is 11.5 Å². The summed E-state index contributed by atoms with van der Waals surface area (Å²) < 4.78 is 18.6. The molecule has 1 aliphatic heterocycles. The van der Waals surface area contributed by atoms with E-state index in [1.54, 1.807) is 54.6 Å². The zero-order valence-corrected chi connectivity index (χ0v) is 28.8. The Labute approximate surface area is 290 Å². The van der Waals surface area contributed by atoms with Gasteiger partial charge in [-0.3, -0.25) is 14.9 Å². The van der Waals surface area contributed by atoms with E-state index in [0.717, 1.165) is 30.7 Å². The fourth-order valence-electron chi connectivity index (χ4n) is 4.93. The second-order valence-corrected chi connectivity index (χ2v) is 12.5. The van der Waals surface area contributed by atoms with Gasteiger partial charge in [-0.15, -0.1) is 0 Å². The van der Waals surface area contributed by atoms with Crippen LogP contribution < -0.4 is 24.4 Å². The number of nitrogens with zero attached hydrogens (tertiary/aromatic N) is 1. The predicted molar refractivity (Wildman–Crippen MR) is 187 cm³/mol. The zero-order valence-electron chi connectivity index (χ0n) is 25.2. The number of carbonyl (C=O) groups excluding carboxylic acids is 3. The third-order valence-electron chi connectivity index (χ3n) is 6.91. The number of ether oxygens (including phenoxy) is 3. The van der Waals surface area contributed by atoms with Gasteiger partial charge in [0.15, 0.2) is 11.5 Å². The van der Waals surface area contributed by atoms with E-state index in [9.17, 15) is 14.4 Å². The van der Waals surface area contributed by atoms with E-state index in [2.05, 4.69) is 46.1 Å². The van der Waals surface area contributed by atoms with Crippen molar-refractivity contribution in [1.29, 1.82) is 0 Å². The van der Waals surface area contributed by atoms with Crippen LogP contribution in [0.3, 0.4) is 0 Å². The summed E-state index contributed by atoms with van der Waals surface area (Å²) >= 11 is 14.3. The van der Waals surface area contributed by atoms with E-state index in [1.807, 2.05) is 20.8 Å². The summed E-state index contributed by atoms with van der Waals surface area (Å²) in [6, 6.07) is 20.3. The van der Waals surface area contributed by atoms with Gasteiger partial charge in [-0.25, -0.2) is 9.69 Å². The Morgan fingerprint density at radius 2 is 1.57 bits per heavy atom. The summed E-state index contributed by atoms with van der Waals surface area (Å²) in [5.74, 6) is -0.0460. The molecule has 0 atom stereocenters. The highest BCUT2D eigenvalue weighted by atomic mass is 127. The van der Waals surface area contributed by atoms with Crippen molar-refractivity contribution in [3.05, 3.63) is 120 Å². The number of rotatable bonds is 10. The van der Waals surface area contributed by atoms with Crippen molar-refractivity contribution in [3.8, 4) is 17.2 Å². The first-order chi connectivity index (χ1) is 22.0. The number of hydrogen-bond acceptors (Lipinski definition) is 6. The summed E-state index contributed by atoms with van der Waals surface area (Å²) in [7, 11) is 0. The van der Waals surface area contributed by atoms with E-state index in [-0.39, 0.29) is 17.9 Å². The Kier molecular flexibility index (Phi) is 10.6. The van der Waals surface area contributed by atoms with Crippen LogP contribution in [0.15, 0.2) is 78.4 Å². The Morgan fingerprint density at radius 1 is 0.848 bits per heavy atom. The predicted octanol–water partition coefficient (Wildman–Crippen LogP) is 8.44. The van der Waals surface area contributed by atoms with Crippen molar-refractivity contribution >= 4 is 75.4 Å². The van der Waals surface area contributed by atoms with E-state index in [4.69, 9.17) is 37.4 Å². The van der Waals surface area contributed by atoms with Crippen LogP contribution in [-0.4, -0.2) is 24.5 Å². The molecule has 11 heteroatoms. The van der Waals surface area contributed by atoms with Gasteiger partial charge in [-0.05, 0) is 109 Å². The third kappa shape index (κ3) is 7.83. The smallest absolute Gasteiger partial charge is 0.335 e. The van der Waals surface area contributed by atoms with Crippen LogP contribution in [0.2, 0.25) is 10.0 Å². The molecule has 4 aromatic rings. The monoisotopic (exact) mass is 770 g/mol. The van der Waals surface area contributed by atoms with Crippen molar-refractivity contribution in [2.24, 2.45) is 0 Å². The molecular weight excluding hydrogens is 742 g/mol. The molecule has 5 rings (SSSR count). The van der Waals surface area contributed by atoms with Crippen molar-refractivity contribution in [2.45, 2.75) is 34.0 Å². The van der Waals surface area contributed by atoms with Gasteiger partial charge in [0.25, 0.3) is 11.8 Å². The number of anilines is 1. The van der Waals surface area contributed by atoms with Gasteiger partial charge in [0, 0.05) is 15.6 Å². The molecule has 1 saturated heterocycles. The number of urea groups is 1. The largest absolute Gasteiger partial charge is 0.490 e. The highest BCUT2D eigenvalue weighted by molar-refractivity contribution is 14.1. The quantitative estimate of drug-likeness (QED) is 0.0989. The lowest BCUT2D eigenvalue weighted by Crippen LogP contribution is -2.54. The molecule has 1 aliphatic rings. The maximum absolute atomic E-state index is 13.6. The number of amides is 4. The second kappa shape index (κ2) is 14.6. The topological polar surface area (TPSA) is 94.2 Å². The number of barbiturate groups is 1. The first-order valence-corrected chi connectivity index (χ1v) is 16.1. The second-order valence-electron chi connectivity index (χ2n) is 10.5. The lowest BCUT2D eigenvalue weighted by Gasteiger charge is -2.26. The van der Waals surface area contributed by atoms with Crippen molar-refractivity contribution in [1.82, 2.24) is 5.32 Å². The molecule has 8 nitrogen and oxygen atoms in total. The van der Waals surface area contributed by atoms with Gasteiger partial charge in [-0.2, -0.15) is 0 Å². The number of carbonyl (C=O) groups is 3. The summed E-state index contributed by atoms with van der Waals surface area (Å²) in [6.45, 7) is 6.85. The van der Waals surface area contributed by atoms with Crippen molar-refractivity contribution in [3.63, 3.8) is 0 Å². The average Bonchev–Trinajstić information content (AvgIpc) is 2.99. The molecule has 236 valence electrons. The molecule has 0 aliphatic carbocycles. The minimum Gasteiger partial charge on any atom is -0.490 e. The van der Waals surface area contributed by atoms with E-state index in [0.29, 0.717) is 46.1 Å². The summed E-state index contributed by atoms with van der Waals surface area (Å²) in [4.78, 5) is 40.1. The first kappa shape index (κ1) is 33.3. The fraction of sp³-hybridized carbons (Fsp3) is 0.171. The molecule has 1 heterocycles. The van der Waals surface area contributed by atoms with Gasteiger partial charge in [0.1, 0.15) is 24.5 Å². The average molecular weight is 771 g/mol. The standard InChI is InChI=1S/C35H29Cl2IN2O6/c1-4-44-31-16-22(15-30(38)32(31)46-18-23-12-20(2)11-21(3)13-23)14-28-33(41)39-35(43)40(34(28)42)26-7-9-27(10-8-26)45-19-24-5-6-25(36)17-29(24)37/h5-17H,4,18-19H2,1-3H3,(H,39,41,43)/b28-14+. The molecule has 4 amide bonds. The number of nitrogens with one attached hydrogen (secondary N) is 1. The molecule has 0 aromatic heterocycles. The highest BCUT2D eigenvalue weighted by Gasteiger charge is 2.37. The van der Waals surface area contributed by atoms with Gasteiger partial charge >= 0.3 is 6.03 Å². The van der Waals surface area contributed by atoms with Crippen LogP contribution in [0.1, 0.15) is 34.7 Å². The molecule has 0 saturated carbocycles. The number of aryl methyl sites for hydroxylation is 2. The lowest BCUT2D eigenvalue weighted by atomic mass is 10.1. The normalized spacial score (nSPS) is 14.0. The van der Waals surface area contributed by atoms with E-state index in [1.165, 1.54) is 6.08 Å². The fourth-order valence-corrected chi connectivity index (χ4v) is 6.18. The van der Waals surface area contributed by atoms with Crippen LogP contribution in [0.25, 0.3) is 6.08 Å². The van der Waals surface area contributed by atoms with Crippen LogP contribution in [-0.2, 0) is 22.8 Å². The van der Waals surface area contributed by atoms with Gasteiger partial charge < -0.3 is 14.2 Å². The number of imide groups is 2. The molecule has 1 fully saturated rings. The van der Waals surface area contributed by atoms with Crippen LogP contribution in [0.5, 0.6) is 17.2 Å². The number of hydrogen-bond donors (Lipinski definition) is 1. The molecule has 0 spiro atoms. The lowest BCUT2D eigenvalue weighted by molar-refractivity contribution is -0.122. The molecular formula is C35H29Cl2IN2O6. The van der Waals surface area contributed by atoms with Gasteiger partial charge in [-0.1, -0.05) is 58.6 Å².